The van der Waals surface area contributed by atoms with Crippen LogP contribution in [0, 0.1) is 0 Å². The van der Waals surface area contributed by atoms with Crippen LogP contribution < -0.4 is 13.6 Å². The third-order valence-electron chi connectivity index (χ3n) is 11.4. The van der Waals surface area contributed by atoms with Gasteiger partial charge in [0.25, 0.3) is 0 Å². The second-order valence-corrected chi connectivity index (χ2v) is 17.0. The summed E-state index contributed by atoms with van der Waals surface area (Å²) in [7, 11) is -5.20. The monoisotopic (exact) mass is 872 g/mol. The smallest absolute Gasteiger partial charge is 0.504 e. The van der Waals surface area contributed by atoms with Gasteiger partial charge in [-0.2, -0.15) is 4.57 Å². The van der Waals surface area contributed by atoms with Gasteiger partial charge in [0.1, 0.15) is 0 Å². The Hall–Kier alpha value is -7.99. The van der Waals surface area contributed by atoms with Crippen LogP contribution in [0.1, 0.15) is 67.8 Å². The highest BCUT2D eigenvalue weighted by Gasteiger charge is 2.41. The Kier molecular flexibility index (Phi) is 12.5. The van der Waals surface area contributed by atoms with Gasteiger partial charge in [0, 0.05) is 34.4 Å². The average molecular weight is 873 g/mol. The summed E-state index contributed by atoms with van der Waals surface area (Å²) < 4.78 is 36.2. The lowest BCUT2D eigenvalue weighted by Crippen LogP contribution is -2.14. The van der Waals surface area contributed by atoms with Crippen LogP contribution in [0.25, 0.3) is 0 Å². The molecular weight excluding hydrogens is 828 g/mol. The molecule has 0 fully saturated rings. The van der Waals surface area contributed by atoms with Gasteiger partial charge in [0.05, 0.1) is 0 Å². The lowest BCUT2D eigenvalue weighted by Gasteiger charge is -2.28. The molecule has 0 amide bonds. The van der Waals surface area contributed by atoms with Crippen molar-refractivity contribution in [2.45, 2.75) is 17.8 Å². The standard InChI is InChI=1S/C57H45O7P/c58-49-37-19-34-46(52(40-22-7-1-8-23-40)41-24-9-2-10-25-41)55(49)62-65(61,63-56-47(35-20-38-50(56)59)53(42-26-11-3-12-27-42)43-28-13-4-14-29-43)64-57-48(36-21-39-51(57)60)54(44-30-15-5-16-31-44)45-32-17-6-18-33-45/h1-39,52-54,58-60H. The summed E-state index contributed by atoms with van der Waals surface area (Å²) in [4.78, 5) is 0. The Labute approximate surface area is 378 Å². The van der Waals surface area contributed by atoms with E-state index in [4.69, 9.17) is 13.6 Å². The third kappa shape index (κ3) is 9.24. The predicted octanol–water partition coefficient (Wildman–Crippen LogP) is 14.0. The van der Waals surface area contributed by atoms with Gasteiger partial charge in [-0.25, -0.2) is 0 Å². The van der Waals surface area contributed by atoms with Crippen molar-refractivity contribution in [2.75, 3.05) is 0 Å². The number of benzene rings is 9. The number of phenolic OH excluding ortho intramolecular Hbond substituents is 3. The molecule has 0 atom stereocenters. The van der Waals surface area contributed by atoms with Crippen molar-refractivity contribution >= 4 is 7.82 Å². The normalized spacial score (nSPS) is 11.4. The molecule has 9 aromatic rings. The Morgan fingerprint density at radius 2 is 0.477 bits per heavy atom. The van der Waals surface area contributed by atoms with E-state index in [-0.39, 0.29) is 34.5 Å². The van der Waals surface area contributed by atoms with E-state index in [9.17, 15) is 15.3 Å². The molecular formula is C57H45O7P. The van der Waals surface area contributed by atoms with Crippen molar-refractivity contribution in [3.05, 3.63) is 287 Å². The fourth-order valence-electron chi connectivity index (χ4n) is 8.53. The predicted molar refractivity (Wildman–Crippen MR) is 255 cm³/mol. The third-order valence-corrected chi connectivity index (χ3v) is 12.6. The maximum Gasteiger partial charge on any atom is 0.647 e. The molecule has 0 bridgehead atoms. The molecule has 0 aromatic heterocycles. The first kappa shape index (κ1) is 42.3. The highest BCUT2D eigenvalue weighted by Crippen LogP contribution is 2.59. The van der Waals surface area contributed by atoms with E-state index in [2.05, 4.69) is 0 Å². The van der Waals surface area contributed by atoms with Crippen LogP contribution in [0.15, 0.2) is 237 Å². The number of hydrogen-bond donors (Lipinski definition) is 3. The summed E-state index contributed by atoms with van der Waals surface area (Å²) in [6.07, 6.45) is 0. The molecule has 3 N–H and O–H groups in total. The molecule has 7 nitrogen and oxygen atoms in total. The minimum Gasteiger partial charge on any atom is -0.504 e. The second-order valence-electron chi connectivity index (χ2n) is 15.6. The largest absolute Gasteiger partial charge is 0.647 e. The summed E-state index contributed by atoms with van der Waals surface area (Å²) in [6, 6.07) is 73.1. The van der Waals surface area contributed by atoms with Crippen LogP contribution in [-0.4, -0.2) is 15.3 Å². The van der Waals surface area contributed by atoms with Gasteiger partial charge < -0.3 is 28.9 Å². The van der Waals surface area contributed by atoms with Crippen molar-refractivity contribution in [1.82, 2.24) is 0 Å². The molecule has 0 unspecified atom stereocenters. The lowest BCUT2D eigenvalue weighted by molar-refractivity contribution is 0.278. The highest BCUT2D eigenvalue weighted by atomic mass is 31.2. The van der Waals surface area contributed by atoms with Crippen molar-refractivity contribution in [1.29, 1.82) is 0 Å². The summed E-state index contributed by atoms with van der Waals surface area (Å²) in [5.41, 5.74) is 6.63. The number of hydrogen-bond acceptors (Lipinski definition) is 7. The summed E-state index contributed by atoms with van der Waals surface area (Å²) in [5, 5.41) is 35.6. The molecule has 0 spiro atoms. The zero-order valence-corrected chi connectivity index (χ0v) is 36.1. The molecule has 8 heteroatoms. The van der Waals surface area contributed by atoms with Crippen LogP contribution >= 0.6 is 7.82 Å². The fourth-order valence-corrected chi connectivity index (χ4v) is 9.91. The summed E-state index contributed by atoms with van der Waals surface area (Å²) in [6.45, 7) is 0. The zero-order valence-electron chi connectivity index (χ0n) is 35.2. The molecule has 0 aliphatic carbocycles. The number of phosphoric acid groups is 1. The van der Waals surface area contributed by atoms with E-state index in [0.717, 1.165) is 33.4 Å². The van der Waals surface area contributed by atoms with E-state index in [1.54, 1.807) is 36.4 Å². The van der Waals surface area contributed by atoms with Crippen LogP contribution in [0.2, 0.25) is 0 Å². The molecule has 9 aromatic carbocycles. The molecule has 0 saturated heterocycles. The number of aromatic hydroxyl groups is 3. The first-order valence-corrected chi connectivity index (χ1v) is 22.8. The molecule has 9 rings (SSSR count). The average Bonchev–Trinajstić information content (AvgIpc) is 3.34. The maximum atomic E-state index is 16.3. The Balaban J connectivity index is 1.26. The fraction of sp³-hybridized carbons (Fsp3) is 0.0526. The SMILES string of the molecule is O=P(Oc1c(O)cccc1C(c1ccccc1)c1ccccc1)(Oc1c(O)cccc1C(c1ccccc1)c1ccccc1)Oc1c(O)cccc1C(c1ccccc1)c1ccccc1. The van der Waals surface area contributed by atoms with Crippen molar-refractivity contribution in [3.63, 3.8) is 0 Å². The summed E-state index contributed by atoms with van der Waals surface area (Å²) >= 11 is 0. The van der Waals surface area contributed by atoms with Gasteiger partial charge in [-0.15, -0.1) is 0 Å². The van der Waals surface area contributed by atoms with Crippen LogP contribution in [0.4, 0.5) is 0 Å². The molecule has 320 valence electrons. The van der Waals surface area contributed by atoms with Crippen molar-refractivity contribution in [2.24, 2.45) is 0 Å². The Morgan fingerprint density at radius 3 is 0.677 bits per heavy atom. The van der Waals surface area contributed by atoms with Gasteiger partial charge in [-0.1, -0.05) is 218 Å². The summed E-state index contributed by atoms with van der Waals surface area (Å²) in [5.74, 6) is -3.08. The quantitative estimate of drug-likeness (QED) is 0.0696. The molecule has 0 saturated carbocycles. The van der Waals surface area contributed by atoms with Gasteiger partial charge in [0.15, 0.2) is 34.5 Å². The first-order valence-electron chi connectivity index (χ1n) is 21.3. The molecule has 0 aliphatic heterocycles. The maximum absolute atomic E-state index is 16.3. The minimum atomic E-state index is -5.20. The van der Waals surface area contributed by atoms with Gasteiger partial charge in [-0.05, 0) is 51.6 Å². The van der Waals surface area contributed by atoms with Crippen LogP contribution in [0.3, 0.4) is 0 Å². The van der Waals surface area contributed by atoms with E-state index in [1.165, 1.54) is 18.2 Å². The van der Waals surface area contributed by atoms with E-state index in [0.29, 0.717) is 16.7 Å². The van der Waals surface area contributed by atoms with Gasteiger partial charge >= 0.3 is 7.82 Å². The lowest BCUT2D eigenvalue weighted by atomic mass is 9.84. The van der Waals surface area contributed by atoms with E-state index >= 15 is 4.57 Å². The topological polar surface area (TPSA) is 105 Å². The number of rotatable bonds is 15. The highest BCUT2D eigenvalue weighted by molar-refractivity contribution is 7.49. The van der Waals surface area contributed by atoms with Crippen LogP contribution in [-0.2, 0) is 4.57 Å². The number of phosphoric ester groups is 1. The first-order chi connectivity index (χ1) is 31.9. The second kappa shape index (κ2) is 19.2. The van der Waals surface area contributed by atoms with Gasteiger partial charge in [0.2, 0.25) is 0 Å². The zero-order chi connectivity index (χ0) is 44.6. The van der Waals surface area contributed by atoms with E-state index in [1.807, 2.05) is 182 Å². The number of para-hydroxylation sites is 3. The Bertz CT molecular complexity index is 2580. The molecule has 0 heterocycles. The van der Waals surface area contributed by atoms with Gasteiger partial charge in [-0.3, -0.25) is 0 Å². The van der Waals surface area contributed by atoms with E-state index < -0.39 is 25.6 Å². The molecule has 0 radical (unpaired) electrons. The molecule has 65 heavy (non-hydrogen) atoms. The molecule has 0 aliphatic rings. The minimum absolute atomic E-state index is 0.173. The van der Waals surface area contributed by atoms with Crippen molar-refractivity contribution < 1.29 is 33.5 Å². The van der Waals surface area contributed by atoms with Crippen molar-refractivity contribution in [3.8, 4) is 34.5 Å². The Morgan fingerprint density at radius 1 is 0.277 bits per heavy atom. The number of phenols is 3. The van der Waals surface area contributed by atoms with Crippen LogP contribution in [0.5, 0.6) is 34.5 Å².